The smallest absolute Gasteiger partial charge is 0.000699 e. The van der Waals surface area contributed by atoms with Crippen molar-refractivity contribution in [3.63, 3.8) is 0 Å². The van der Waals surface area contributed by atoms with E-state index in [2.05, 4.69) is 65.0 Å². The Morgan fingerprint density at radius 2 is 1.52 bits per heavy atom. The Labute approximate surface area is 177 Å². The van der Waals surface area contributed by atoms with E-state index in [0.717, 1.165) is 12.8 Å². The molecule has 2 aromatic rings. The zero-order chi connectivity index (χ0) is 20.5. The molecule has 0 atom stereocenters. The zero-order valence-electron chi connectivity index (χ0n) is 19.0. The fourth-order valence-electron chi connectivity index (χ4n) is 5.78. The summed E-state index contributed by atoms with van der Waals surface area (Å²) in [5.74, 6) is 0. The molecule has 0 nitrogen and oxygen atoms in total. The van der Waals surface area contributed by atoms with Crippen LogP contribution in [0.2, 0.25) is 0 Å². The molecule has 0 fully saturated rings. The molecule has 0 aliphatic heterocycles. The molecular formula is C29H36. The SMILES string of the molecule is CCCc1cc(C)cc2c1-c1c(CCC)c(CCC)c(C)c(C3=CC=CC3)c1C2. The minimum atomic E-state index is 1.09. The van der Waals surface area contributed by atoms with E-state index in [4.69, 9.17) is 0 Å². The number of hydrogen-bond donors (Lipinski definition) is 0. The molecule has 0 radical (unpaired) electrons. The van der Waals surface area contributed by atoms with Gasteiger partial charge in [0.1, 0.15) is 0 Å². The third-order valence-corrected chi connectivity index (χ3v) is 6.77. The van der Waals surface area contributed by atoms with Crippen LogP contribution in [-0.4, -0.2) is 0 Å². The van der Waals surface area contributed by atoms with Gasteiger partial charge in [-0.25, -0.2) is 0 Å². The van der Waals surface area contributed by atoms with E-state index in [9.17, 15) is 0 Å². The lowest BCUT2D eigenvalue weighted by molar-refractivity contribution is 0.852. The maximum atomic E-state index is 2.46. The van der Waals surface area contributed by atoms with Gasteiger partial charge in [0.15, 0.2) is 0 Å². The van der Waals surface area contributed by atoms with Crippen LogP contribution in [0.3, 0.4) is 0 Å². The molecule has 0 bridgehead atoms. The first-order chi connectivity index (χ1) is 14.1. The van der Waals surface area contributed by atoms with Gasteiger partial charge < -0.3 is 0 Å². The van der Waals surface area contributed by atoms with Crippen LogP contribution >= 0.6 is 0 Å². The summed E-state index contributed by atoms with van der Waals surface area (Å²) >= 11 is 0. The van der Waals surface area contributed by atoms with E-state index in [1.165, 1.54) is 49.7 Å². The van der Waals surface area contributed by atoms with Gasteiger partial charge in [-0.3, -0.25) is 0 Å². The summed E-state index contributed by atoms with van der Waals surface area (Å²) in [6, 6.07) is 4.92. The van der Waals surface area contributed by atoms with Crippen molar-refractivity contribution in [2.24, 2.45) is 0 Å². The molecule has 0 spiro atoms. The quantitative estimate of drug-likeness (QED) is 0.386. The maximum Gasteiger partial charge on any atom is -0.000699 e. The number of hydrogen-bond acceptors (Lipinski definition) is 0. The molecular weight excluding hydrogens is 348 g/mol. The highest BCUT2D eigenvalue weighted by Gasteiger charge is 2.31. The summed E-state index contributed by atoms with van der Waals surface area (Å²) < 4.78 is 0. The summed E-state index contributed by atoms with van der Waals surface area (Å²) in [5.41, 5.74) is 17.4. The van der Waals surface area contributed by atoms with Crippen LogP contribution in [0, 0.1) is 13.8 Å². The van der Waals surface area contributed by atoms with Crippen LogP contribution in [0.5, 0.6) is 0 Å². The predicted molar refractivity (Wildman–Crippen MR) is 128 cm³/mol. The Bertz CT molecular complexity index is 998. The van der Waals surface area contributed by atoms with E-state index in [1.807, 2.05) is 0 Å². The van der Waals surface area contributed by atoms with Gasteiger partial charge in [-0.05, 0) is 102 Å². The molecule has 0 amide bonds. The Hall–Kier alpha value is -2.08. The molecule has 29 heavy (non-hydrogen) atoms. The fourth-order valence-corrected chi connectivity index (χ4v) is 5.78. The maximum absolute atomic E-state index is 2.46. The molecule has 2 aromatic carbocycles. The fraction of sp³-hybridized carbons (Fsp3) is 0.448. The largest absolute Gasteiger partial charge is 0.0801 e. The monoisotopic (exact) mass is 384 g/mol. The number of benzene rings is 2. The first-order valence-electron chi connectivity index (χ1n) is 11.8. The molecule has 0 N–H and O–H groups in total. The normalized spacial score (nSPS) is 14.3. The second kappa shape index (κ2) is 8.34. The van der Waals surface area contributed by atoms with Crippen molar-refractivity contribution >= 4 is 5.57 Å². The minimum absolute atomic E-state index is 1.09. The average Bonchev–Trinajstić information content (AvgIpc) is 3.33. The van der Waals surface area contributed by atoms with Crippen LogP contribution in [-0.2, 0) is 25.7 Å². The van der Waals surface area contributed by atoms with Gasteiger partial charge in [0.2, 0.25) is 0 Å². The lowest BCUT2D eigenvalue weighted by Gasteiger charge is -2.24. The molecule has 4 rings (SSSR count). The van der Waals surface area contributed by atoms with Crippen molar-refractivity contribution in [2.75, 3.05) is 0 Å². The predicted octanol–water partition coefficient (Wildman–Crippen LogP) is 8.08. The highest BCUT2D eigenvalue weighted by molar-refractivity contribution is 5.90. The van der Waals surface area contributed by atoms with Crippen LogP contribution < -0.4 is 0 Å². The van der Waals surface area contributed by atoms with Gasteiger partial charge in [-0.1, -0.05) is 76.0 Å². The van der Waals surface area contributed by atoms with Crippen LogP contribution in [0.25, 0.3) is 16.7 Å². The van der Waals surface area contributed by atoms with Crippen molar-refractivity contribution in [3.8, 4) is 11.1 Å². The van der Waals surface area contributed by atoms with Crippen molar-refractivity contribution in [1.29, 1.82) is 0 Å². The number of fused-ring (bicyclic) bond motifs is 3. The Kier molecular flexibility index (Phi) is 5.81. The minimum Gasteiger partial charge on any atom is -0.0801 e. The third kappa shape index (κ3) is 3.41. The van der Waals surface area contributed by atoms with Crippen molar-refractivity contribution in [2.45, 2.75) is 86.0 Å². The van der Waals surface area contributed by atoms with Gasteiger partial charge >= 0.3 is 0 Å². The van der Waals surface area contributed by atoms with E-state index in [1.54, 1.807) is 50.1 Å². The molecule has 0 saturated carbocycles. The molecule has 0 heterocycles. The molecule has 2 aliphatic carbocycles. The van der Waals surface area contributed by atoms with Crippen molar-refractivity contribution in [1.82, 2.24) is 0 Å². The van der Waals surface area contributed by atoms with Crippen LogP contribution in [0.1, 0.15) is 91.0 Å². The van der Waals surface area contributed by atoms with E-state index >= 15 is 0 Å². The molecule has 0 saturated heterocycles. The Morgan fingerprint density at radius 1 is 0.793 bits per heavy atom. The first kappa shape index (κ1) is 20.2. The molecule has 0 aromatic heterocycles. The molecule has 0 heteroatoms. The average molecular weight is 385 g/mol. The summed E-state index contributed by atoms with van der Waals surface area (Å²) in [6.45, 7) is 11.7. The van der Waals surface area contributed by atoms with Gasteiger partial charge in [-0.15, -0.1) is 0 Å². The lowest BCUT2D eigenvalue weighted by atomic mass is 9.80. The summed E-state index contributed by atoms with van der Waals surface area (Å²) in [5, 5.41) is 0. The lowest BCUT2D eigenvalue weighted by Crippen LogP contribution is -2.07. The van der Waals surface area contributed by atoms with E-state index in [0.29, 0.717) is 0 Å². The topological polar surface area (TPSA) is 0 Å². The van der Waals surface area contributed by atoms with Crippen LogP contribution in [0.4, 0.5) is 0 Å². The zero-order valence-corrected chi connectivity index (χ0v) is 19.0. The van der Waals surface area contributed by atoms with Crippen molar-refractivity contribution < 1.29 is 0 Å². The highest BCUT2D eigenvalue weighted by Crippen LogP contribution is 2.49. The van der Waals surface area contributed by atoms with Crippen molar-refractivity contribution in [3.05, 3.63) is 74.9 Å². The van der Waals surface area contributed by atoms with Gasteiger partial charge in [0, 0.05) is 0 Å². The summed E-state index contributed by atoms with van der Waals surface area (Å²) in [4.78, 5) is 0. The third-order valence-electron chi connectivity index (χ3n) is 6.77. The summed E-state index contributed by atoms with van der Waals surface area (Å²) in [7, 11) is 0. The standard InChI is InChI=1S/C29H36/c1-6-11-22-16-19(4)17-23-18-26-27(21-14-9-10-15-21)20(5)24(12-7-2)25(13-8-3)29(26)28(22)23/h9-10,14,16-17H,6-8,11-13,15,18H2,1-5H3. The van der Waals surface area contributed by atoms with E-state index in [-0.39, 0.29) is 0 Å². The van der Waals surface area contributed by atoms with Gasteiger partial charge in [0.25, 0.3) is 0 Å². The highest BCUT2D eigenvalue weighted by atomic mass is 14.3. The number of rotatable bonds is 7. The Balaban J connectivity index is 2.07. The van der Waals surface area contributed by atoms with E-state index < -0.39 is 0 Å². The molecule has 152 valence electrons. The number of allylic oxidation sites excluding steroid dienone is 4. The summed E-state index contributed by atoms with van der Waals surface area (Å²) in [6.07, 6.45) is 16.4. The number of aryl methyl sites for hydroxylation is 2. The van der Waals surface area contributed by atoms with Crippen LogP contribution in [0.15, 0.2) is 30.4 Å². The molecule has 2 aliphatic rings. The Morgan fingerprint density at radius 3 is 2.17 bits per heavy atom. The van der Waals surface area contributed by atoms with Gasteiger partial charge in [-0.2, -0.15) is 0 Å². The first-order valence-corrected chi connectivity index (χ1v) is 11.8. The second-order valence-electron chi connectivity index (χ2n) is 9.02. The second-order valence-corrected chi connectivity index (χ2v) is 9.02. The van der Waals surface area contributed by atoms with Gasteiger partial charge in [0.05, 0.1) is 0 Å². The molecule has 0 unspecified atom stereocenters.